The molecule has 0 saturated carbocycles. The molecule has 29 heavy (non-hydrogen) atoms. The highest BCUT2D eigenvalue weighted by atomic mass is 16.5. The third-order valence-electron chi connectivity index (χ3n) is 5.25. The lowest BCUT2D eigenvalue weighted by molar-refractivity contribution is -0.918. The minimum Gasteiger partial charge on any atom is -0.484 e. The molecule has 2 heterocycles. The van der Waals surface area contributed by atoms with Crippen molar-refractivity contribution in [3.8, 4) is 16.9 Å². The number of benzene rings is 2. The largest absolute Gasteiger partial charge is 0.484 e. The molecule has 1 aliphatic rings. The number of hydrogen-bond acceptors (Lipinski definition) is 4. The van der Waals surface area contributed by atoms with Crippen molar-refractivity contribution in [3.05, 3.63) is 72.1 Å². The first kappa shape index (κ1) is 19.2. The minimum atomic E-state index is 0.0356. The van der Waals surface area contributed by atoms with Gasteiger partial charge in [-0.2, -0.15) is 0 Å². The molecule has 0 radical (unpaired) electrons. The van der Waals surface area contributed by atoms with Gasteiger partial charge in [0.25, 0.3) is 5.91 Å². The number of piperazine rings is 1. The third-order valence-corrected chi connectivity index (χ3v) is 5.25. The van der Waals surface area contributed by atoms with Gasteiger partial charge in [0, 0.05) is 6.07 Å². The Labute approximate surface area is 170 Å². The lowest BCUT2D eigenvalue weighted by atomic mass is 10.1. The van der Waals surface area contributed by atoms with Crippen molar-refractivity contribution in [2.75, 3.05) is 32.8 Å². The first-order valence-corrected chi connectivity index (χ1v) is 9.99. The number of aromatic nitrogens is 1. The van der Waals surface area contributed by atoms with Gasteiger partial charge in [0.05, 0.1) is 26.2 Å². The van der Waals surface area contributed by atoms with Gasteiger partial charge in [-0.05, 0) is 30.2 Å². The summed E-state index contributed by atoms with van der Waals surface area (Å²) < 4.78 is 10.8. The zero-order valence-corrected chi connectivity index (χ0v) is 16.6. The number of aryl methyl sites for hydroxylation is 1. The zero-order chi connectivity index (χ0) is 20.1. The first-order chi connectivity index (χ1) is 14.2. The van der Waals surface area contributed by atoms with E-state index in [-0.39, 0.29) is 12.5 Å². The number of rotatable bonds is 6. The van der Waals surface area contributed by atoms with E-state index in [9.17, 15) is 4.79 Å². The van der Waals surface area contributed by atoms with Gasteiger partial charge in [0.2, 0.25) is 0 Å². The fourth-order valence-corrected chi connectivity index (χ4v) is 3.62. The Balaban J connectivity index is 1.23. The maximum Gasteiger partial charge on any atom is 0.260 e. The van der Waals surface area contributed by atoms with Crippen LogP contribution in [-0.4, -0.2) is 48.7 Å². The average Bonchev–Trinajstić information content (AvgIpc) is 3.18. The van der Waals surface area contributed by atoms with Gasteiger partial charge in [-0.3, -0.25) is 4.79 Å². The van der Waals surface area contributed by atoms with Crippen LogP contribution in [0.3, 0.4) is 0 Å². The second-order valence-electron chi connectivity index (χ2n) is 7.42. The van der Waals surface area contributed by atoms with Gasteiger partial charge >= 0.3 is 0 Å². The second-order valence-corrected chi connectivity index (χ2v) is 7.42. The number of nitrogens with one attached hydrogen (secondary N) is 1. The molecule has 6 nitrogen and oxygen atoms in total. The monoisotopic (exact) mass is 392 g/mol. The number of carbonyl (C=O) groups is 1. The van der Waals surface area contributed by atoms with Crippen LogP contribution in [0, 0.1) is 6.92 Å². The van der Waals surface area contributed by atoms with Gasteiger partial charge in [0.1, 0.15) is 23.7 Å². The first-order valence-electron chi connectivity index (χ1n) is 9.99. The van der Waals surface area contributed by atoms with E-state index < -0.39 is 0 Å². The van der Waals surface area contributed by atoms with Crippen LogP contribution in [0.2, 0.25) is 0 Å². The molecule has 0 unspecified atom stereocenters. The van der Waals surface area contributed by atoms with Crippen molar-refractivity contribution < 1.29 is 19.0 Å². The topological polar surface area (TPSA) is 60.0 Å². The van der Waals surface area contributed by atoms with Crippen molar-refractivity contribution >= 4 is 5.91 Å². The molecule has 150 valence electrons. The third kappa shape index (κ3) is 5.03. The lowest BCUT2D eigenvalue weighted by Crippen LogP contribution is -3.13. The molecule has 0 atom stereocenters. The van der Waals surface area contributed by atoms with E-state index >= 15 is 0 Å². The average molecular weight is 392 g/mol. The molecular weight excluding hydrogens is 366 g/mol. The molecule has 1 fully saturated rings. The van der Waals surface area contributed by atoms with Crippen molar-refractivity contribution in [2.24, 2.45) is 0 Å². The molecule has 0 aliphatic carbocycles. The van der Waals surface area contributed by atoms with E-state index in [2.05, 4.69) is 17.3 Å². The van der Waals surface area contributed by atoms with Crippen molar-refractivity contribution in [1.29, 1.82) is 0 Å². The summed E-state index contributed by atoms with van der Waals surface area (Å²) in [6.45, 7) is 6.10. The Kier molecular flexibility index (Phi) is 5.91. The predicted molar refractivity (Wildman–Crippen MR) is 110 cm³/mol. The van der Waals surface area contributed by atoms with Crippen LogP contribution in [-0.2, 0) is 11.3 Å². The summed E-state index contributed by atoms with van der Waals surface area (Å²) in [7, 11) is 0. The highest BCUT2D eigenvalue weighted by molar-refractivity contribution is 5.77. The van der Waals surface area contributed by atoms with E-state index in [1.54, 1.807) is 0 Å². The molecule has 3 aromatic rings. The van der Waals surface area contributed by atoms with Gasteiger partial charge in [0.15, 0.2) is 6.61 Å². The molecule has 1 aliphatic heterocycles. The number of quaternary nitrogens is 1. The SMILES string of the molecule is Cc1cc(C[NH+]2CCN(C(=O)COc3ccc(-c4ccccc4)cc3)CC2)no1. The van der Waals surface area contributed by atoms with Gasteiger partial charge in [-0.25, -0.2) is 0 Å². The molecule has 4 rings (SSSR count). The molecule has 2 aromatic carbocycles. The molecule has 0 spiro atoms. The van der Waals surface area contributed by atoms with Crippen molar-refractivity contribution in [3.63, 3.8) is 0 Å². The van der Waals surface area contributed by atoms with E-state index in [1.807, 2.05) is 60.4 Å². The van der Waals surface area contributed by atoms with E-state index in [1.165, 1.54) is 4.90 Å². The second kappa shape index (κ2) is 8.92. The molecule has 1 N–H and O–H groups in total. The minimum absolute atomic E-state index is 0.0356. The summed E-state index contributed by atoms with van der Waals surface area (Å²) in [4.78, 5) is 15.8. The van der Waals surface area contributed by atoms with Crippen molar-refractivity contribution in [1.82, 2.24) is 10.1 Å². The number of amides is 1. The summed E-state index contributed by atoms with van der Waals surface area (Å²) in [5, 5.41) is 4.06. The molecule has 1 saturated heterocycles. The van der Waals surface area contributed by atoms with Crippen molar-refractivity contribution in [2.45, 2.75) is 13.5 Å². The van der Waals surface area contributed by atoms with E-state index in [0.29, 0.717) is 5.75 Å². The quantitative estimate of drug-likeness (QED) is 0.697. The molecular formula is C23H26N3O3+. The van der Waals surface area contributed by atoms with Gasteiger partial charge in [-0.15, -0.1) is 0 Å². The van der Waals surface area contributed by atoms with Gasteiger partial charge in [-0.1, -0.05) is 47.6 Å². The van der Waals surface area contributed by atoms with Crippen LogP contribution >= 0.6 is 0 Å². The molecule has 0 bridgehead atoms. The normalized spacial score (nSPS) is 14.7. The fraction of sp³-hybridized carbons (Fsp3) is 0.304. The number of carbonyl (C=O) groups excluding carboxylic acids is 1. The number of ether oxygens (including phenoxy) is 1. The fourth-order valence-electron chi connectivity index (χ4n) is 3.62. The highest BCUT2D eigenvalue weighted by Gasteiger charge is 2.24. The summed E-state index contributed by atoms with van der Waals surface area (Å²) in [6, 6.07) is 20.0. The summed E-state index contributed by atoms with van der Waals surface area (Å²) in [5.74, 6) is 1.58. The summed E-state index contributed by atoms with van der Waals surface area (Å²) in [6.07, 6.45) is 0. The maximum absolute atomic E-state index is 12.5. The predicted octanol–water partition coefficient (Wildman–Crippen LogP) is 1.96. The van der Waals surface area contributed by atoms with Crippen LogP contribution in [0.25, 0.3) is 11.1 Å². The van der Waals surface area contributed by atoms with Crippen LogP contribution in [0.15, 0.2) is 65.2 Å². The lowest BCUT2D eigenvalue weighted by Gasteiger charge is -2.31. The molecule has 1 aromatic heterocycles. The Hall–Kier alpha value is -3.12. The highest BCUT2D eigenvalue weighted by Crippen LogP contribution is 2.22. The number of nitrogens with zero attached hydrogens (tertiary/aromatic N) is 2. The Morgan fingerprint density at radius 3 is 2.41 bits per heavy atom. The van der Waals surface area contributed by atoms with E-state index in [0.717, 1.165) is 55.3 Å². The van der Waals surface area contributed by atoms with Crippen LogP contribution in [0.1, 0.15) is 11.5 Å². The smallest absolute Gasteiger partial charge is 0.260 e. The Morgan fingerprint density at radius 1 is 1.07 bits per heavy atom. The summed E-state index contributed by atoms with van der Waals surface area (Å²) >= 11 is 0. The zero-order valence-electron chi connectivity index (χ0n) is 16.6. The standard InChI is InChI=1S/C23H25N3O3/c1-18-15-21(24-29-18)16-25-11-13-26(14-12-25)23(27)17-28-22-9-7-20(8-10-22)19-5-3-2-4-6-19/h2-10,15H,11-14,16-17H2,1H3/p+1. The van der Waals surface area contributed by atoms with Gasteiger partial charge < -0.3 is 19.1 Å². The Bertz CT molecular complexity index is 930. The van der Waals surface area contributed by atoms with Crippen LogP contribution in [0.5, 0.6) is 5.75 Å². The summed E-state index contributed by atoms with van der Waals surface area (Å²) in [5.41, 5.74) is 3.27. The number of hydrogen-bond donors (Lipinski definition) is 1. The molecule has 1 amide bonds. The maximum atomic E-state index is 12.5. The van der Waals surface area contributed by atoms with Crippen LogP contribution in [0.4, 0.5) is 0 Å². The van der Waals surface area contributed by atoms with E-state index in [4.69, 9.17) is 9.26 Å². The molecule has 6 heteroatoms. The Morgan fingerprint density at radius 2 is 1.76 bits per heavy atom. The van der Waals surface area contributed by atoms with Crippen LogP contribution < -0.4 is 9.64 Å².